The molecule has 0 aliphatic heterocycles. The van der Waals surface area contributed by atoms with Gasteiger partial charge >= 0.3 is 0 Å². The minimum absolute atomic E-state index is 0.685. The van der Waals surface area contributed by atoms with E-state index in [0.29, 0.717) is 12.3 Å². The van der Waals surface area contributed by atoms with Gasteiger partial charge in [-0.3, -0.25) is 4.21 Å². The average Bonchev–Trinajstić information content (AvgIpc) is 2.12. The highest BCUT2D eigenvalue weighted by Crippen LogP contribution is 1.93. The van der Waals surface area contributed by atoms with E-state index in [4.69, 9.17) is 0 Å². The lowest BCUT2D eigenvalue weighted by molar-refractivity contribution is 0.672. The molecule has 1 heterocycles. The summed E-state index contributed by atoms with van der Waals surface area (Å²) in [5.41, 5.74) is 0.972. The van der Waals surface area contributed by atoms with Crippen LogP contribution < -0.4 is 5.32 Å². The maximum Gasteiger partial charge on any atom is 0.125 e. The molecule has 0 radical (unpaired) electrons. The number of aromatic nitrogens is 2. The van der Waals surface area contributed by atoms with Crippen molar-refractivity contribution in [2.24, 2.45) is 0 Å². The first-order chi connectivity index (χ1) is 6.68. The van der Waals surface area contributed by atoms with Gasteiger partial charge in [-0.15, -0.1) is 0 Å². The Bertz CT molecular complexity index is 317. The number of aryl methyl sites for hydroxylation is 1. The molecule has 1 rings (SSSR count). The first kappa shape index (κ1) is 11.3. The van der Waals surface area contributed by atoms with Crippen molar-refractivity contribution in [1.82, 2.24) is 15.3 Å². The minimum Gasteiger partial charge on any atom is -0.310 e. The molecule has 0 fully saturated rings. The van der Waals surface area contributed by atoms with E-state index in [-0.39, 0.29) is 0 Å². The van der Waals surface area contributed by atoms with Crippen molar-refractivity contribution in [3.8, 4) is 0 Å². The molecule has 14 heavy (non-hydrogen) atoms. The fraction of sp³-hybridized carbons (Fsp3) is 0.556. The van der Waals surface area contributed by atoms with Gasteiger partial charge in [0.25, 0.3) is 0 Å². The van der Waals surface area contributed by atoms with Crippen molar-refractivity contribution in [2.75, 3.05) is 18.6 Å². The second-order valence-electron chi connectivity index (χ2n) is 3.05. The summed E-state index contributed by atoms with van der Waals surface area (Å²) in [4.78, 5) is 8.25. The monoisotopic (exact) mass is 213 g/mol. The molecule has 0 saturated heterocycles. The van der Waals surface area contributed by atoms with Crippen LogP contribution in [0.15, 0.2) is 12.3 Å². The summed E-state index contributed by atoms with van der Waals surface area (Å²) < 4.78 is 10.8. The Morgan fingerprint density at radius 2 is 2.36 bits per heavy atom. The van der Waals surface area contributed by atoms with Gasteiger partial charge in [-0.25, -0.2) is 9.97 Å². The molecule has 0 aliphatic carbocycles. The lowest BCUT2D eigenvalue weighted by atomic mass is 10.4. The number of nitrogens with one attached hydrogen (secondary N) is 1. The summed E-state index contributed by atoms with van der Waals surface area (Å²) in [7, 11) is -0.723. The zero-order valence-corrected chi connectivity index (χ0v) is 9.30. The van der Waals surface area contributed by atoms with Gasteiger partial charge < -0.3 is 5.32 Å². The van der Waals surface area contributed by atoms with Gasteiger partial charge in [0.05, 0.1) is 5.69 Å². The van der Waals surface area contributed by atoms with Crippen LogP contribution in [0, 0.1) is 6.92 Å². The van der Waals surface area contributed by atoms with E-state index in [1.165, 1.54) is 0 Å². The second-order valence-corrected chi connectivity index (χ2v) is 4.60. The maximum atomic E-state index is 10.8. The smallest absolute Gasteiger partial charge is 0.125 e. The van der Waals surface area contributed by atoms with Gasteiger partial charge in [-0.2, -0.15) is 0 Å². The van der Waals surface area contributed by atoms with Crippen LogP contribution in [0.2, 0.25) is 0 Å². The molecule has 0 aromatic carbocycles. The van der Waals surface area contributed by atoms with Crippen LogP contribution in [-0.2, 0) is 17.3 Å². The standard InChI is InChI=1S/C9H15N3OS/c1-8-11-4-3-9(12-8)7-10-5-6-14(2)13/h3-4,10H,5-7H2,1-2H3. The van der Waals surface area contributed by atoms with E-state index < -0.39 is 10.8 Å². The third-order valence-electron chi connectivity index (χ3n) is 1.71. The van der Waals surface area contributed by atoms with Crippen molar-refractivity contribution in [3.63, 3.8) is 0 Å². The van der Waals surface area contributed by atoms with Gasteiger partial charge in [-0.05, 0) is 13.0 Å². The molecule has 1 aromatic rings. The van der Waals surface area contributed by atoms with E-state index in [9.17, 15) is 4.21 Å². The quantitative estimate of drug-likeness (QED) is 0.713. The maximum absolute atomic E-state index is 10.8. The summed E-state index contributed by atoms with van der Waals surface area (Å²) in [6.07, 6.45) is 3.45. The molecule has 0 aliphatic rings. The Labute approximate surface area is 86.6 Å². The van der Waals surface area contributed by atoms with Gasteiger partial charge in [0.15, 0.2) is 0 Å². The highest BCUT2D eigenvalue weighted by molar-refractivity contribution is 7.84. The molecule has 1 N–H and O–H groups in total. The Hall–Kier alpha value is -0.810. The van der Waals surface area contributed by atoms with Crippen LogP contribution in [-0.4, -0.2) is 32.7 Å². The van der Waals surface area contributed by atoms with E-state index in [0.717, 1.165) is 18.1 Å². The fourth-order valence-electron chi connectivity index (χ4n) is 1.04. The fourth-order valence-corrected chi connectivity index (χ4v) is 1.47. The molecule has 0 saturated carbocycles. The van der Waals surface area contributed by atoms with Crippen LogP contribution in [0.3, 0.4) is 0 Å². The zero-order valence-electron chi connectivity index (χ0n) is 8.49. The minimum atomic E-state index is -0.723. The van der Waals surface area contributed by atoms with Crippen LogP contribution >= 0.6 is 0 Å². The Morgan fingerprint density at radius 1 is 1.57 bits per heavy atom. The molecule has 1 unspecified atom stereocenters. The zero-order chi connectivity index (χ0) is 10.4. The molecular weight excluding hydrogens is 198 g/mol. The van der Waals surface area contributed by atoms with Crippen molar-refractivity contribution in [2.45, 2.75) is 13.5 Å². The van der Waals surface area contributed by atoms with E-state index in [1.807, 2.05) is 13.0 Å². The Morgan fingerprint density at radius 3 is 3.00 bits per heavy atom. The predicted octanol–water partition coefficient (Wildman–Crippen LogP) is 0.253. The molecule has 1 aromatic heterocycles. The van der Waals surface area contributed by atoms with Crippen LogP contribution in [0.25, 0.3) is 0 Å². The van der Waals surface area contributed by atoms with Gasteiger partial charge in [0.2, 0.25) is 0 Å². The number of hydrogen-bond donors (Lipinski definition) is 1. The molecule has 78 valence electrons. The van der Waals surface area contributed by atoms with Crippen molar-refractivity contribution < 1.29 is 4.21 Å². The molecule has 1 atom stereocenters. The first-order valence-electron chi connectivity index (χ1n) is 4.48. The van der Waals surface area contributed by atoms with E-state index in [2.05, 4.69) is 15.3 Å². The molecule has 0 bridgehead atoms. The highest BCUT2D eigenvalue weighted by Gasteiger charge is 1.95. The largest absolute Gasteiger partial charge is 0.310 e. The van der Waals surface area contributed by atoms with Crippen molar-refractivity contribution in [1.29, 1.82) is 0 Å². The molecule has 5 heteroatoms. The third kappa shape index (κ3) is 4.43. The van der Waals surface area contributed by atoms with Crippen LogP contribution in [0.5, 0.6) is 0 Å². The summed E-state index contributed by atoms with van der Waals surface area (Å²) in [6, 6.07) is 1.88. The lowest BCUT2D eigenvalue weighted by Crippen LogP contribution is -2.20. The third-order valence-corrected chi connectivity index (χ3v) is 2.49. The number of rotatable bonds is 5. The van der Waals surface area contributed by atoms with Gasteiger partial charge in [0.1, 0.15) is 5.82 Å². The van der Waals surface area contributed by atoms with E-state index >= 15 is 0 Å². The SMILES string of the molecule is Cc1nccc(CNCCS(C)=O)n1. The van der Waals surface area contributed by atoms with E-state index in [1.54, 1.807) is 12.5 Å². The summed E-state index contributed by atoms with van der Waals surface area (Å²) in [6.45, 7) is 3.33. The summed E-state index contributed by atoms with van der Waals surface area (Å²) in [5.74, 6) is 1.47. The average molecular weight is 213 g/mol. The normalized spacial score (nSPS) is 12.7. The highest BCUT2D eigenvalue weighted by atomic mass is 32.2. The van der Waals surface area contributed by atoms with Crippen molar-refractivity contribution in [3.05, 3.63) is 23.8 Å². The summed E-state index contributed by atoms with van der Waals surface area (Å²) >= 11 is 0. The number of nitrogens with zero attached hydrogens (tertiary/aromatic N) is 2. The van der Waals surface area contributed by atoms with Crippen LogP contribution in [0.4, 0.5) is 0 Å². The second kappa shape index (κ2) is 5.82. The lowest BCUT2D eigenvalue weighted by Gasteiger charge is -2.02. The first-order valence-corrected chi connectivity index (χ1v) is 6.20. The Balaban J connectivity index is 2.28. The number of hydrogen-bond acceptors (Lipinski definition) is 4. The molecule has 0 spiro atoms. The topological polar surface area (TPSA) is 54.9 Å². The Kier molecular flexibility index (Phi) is 4.69. The van der Waals surface area contributed by atoms with Crippen LogP contribution in [0.1, 0.15) is 11.5 Å². The predicted molar refractivity (Wildman–Crippen MR) is 57.4 cm³/mol. The van der Waals surface area contributed by atoms with Gasteiger partial charge in [-0.1, -0.05) is 0 Å². The molecule has 0 amide bonds. The molecular formula is C9H15N3OS. The van der Waals surface area contributed by atoms with Gasteiger partial charge in [0, 0.05) is 42.1 Å². The van der Waals surface area contributed by atoms with Crippen molar-refractivity contribution >= 4 is 10.8 Å². The molecule has 4 nitrogen and oxygen atoms in total. The summed E-state index contributed by atoms with van der Waals surface area (Å²) in [5, 5.41) is 3.18.